The van der Waals surface area contributed by atoms with Crippen LogP contribution in [0.3, 0.4) is 0 Å². The SMILES string of the molecule is Cc1cc(=O)oc2cc(NC(=O)[C@H](Cc3ccc(I)cc3)NC(=O)[C@H]3N[C@@H]4CC[C@H]3C4)ccc12.O=C(O)C(F)(F)F. The minimum Gasteiger partial charge on any atom is -0.475 e. The molecule has 41 heavy (non-hydrogen) atoms. The molecule has 2 amide bonds. The molecule has 1 saturated heterocycles. The molecule has 3 aromatic rings. The number of carboxylic acids is 1. The van der Waals surface area contributed by atoms with Crippen molar-refractivity contribution in [2.75, 3.05) is 5.32 Å². The molecule has 1 aliphatic heterocycles. The lowest BCUT2D eigenvalue weighted by Gasteiger charge is -2.25. The molecule has 218 valence electrons. The Labute approximate surface area is 246 Å². The van der Waals surface area contributed by atoms with Gasteiger partial charge in [0.05, 0.1) is 6.04 Å². The number of aliphatic carboxylic acids is 1. The van der Waals surface area contributed by atoms with Gasteiger partial charge in [0.25, 0.3) is 0 Å². The van der Waals surface area contributed by atoms with E-state index < -0.39 is 23.8 Å². The van der Waals surface area contributed by atoms with Crippen molar-refractivity contribution in [3.63, 3.8) is 0 Å². The van der Waals surface area contributed by atoms with Crippen molar-refractivity contribution in [1.82, 2.24) is 10.6 Å². The van der Waals surface area contributed by atoms with E-state index in [1.54, 1.807) is 12.1 Å². The zero-order valence-corrected chi connectivity index (χ0v) is 23.9. The van der Waals surface area contributed by atoms with E-state index in [2.05, 4.69) is 38.5 Å². The lowest BCUT2D eigenvalue weighted by molar-refractivity contribution is -0.192. The summed E-state index contributed by atoms with van der Waals surface area (Å²) in [7, 11) is 0. The van der Waals surface area contributed by atoms with Crippen LogP contribution in [0, 0.1) is 16.4 Å². The van der Waals surface area contributed by atoms with Gasteiger partial charge in [-0.25, -0.2) is 9.59 Å². The monoisotopic (exact) mass is 685 g/mol. The second-order valence-corrected chi connectivity index (χ2v) is 11.3. The van der Waals surface area contributed by atoms with E-state index >= 15 is 0 Å². The van der Waals surface area contributed by atoms with Gasteiger partial charge in [-0.3, -0.25) is 9.59 Å². The molecule has 0 spiro atoms. The molecule has 0 radical (unpaired) electrons. The number of carboxylic acid groups (broad SMARTS) is 1. The molecule has 1 saturated carbocycles. The molecule has 2 aromatic carbocycles. The minimum absolute atomic E-state index is 0.127. The van der Waals surface area contributed by atoms with Crippen LogP contribution in [-0.2, 0) is 20.8 Å². The average molecular weight is 685 g/mol. The largest absolute Gasteiger partial charge is 0.490 e. The van der Waals surface area contributed by atoms with Crippen LogP contribution in [0.2, 0.25) is 0 Å². The van der Waals surface area contributed by atoms with E-state index in [4.69, 9.17) is 14.3 Å². The Morgan fingerprint density at radius 3 is 2.39 bits per heavy atom. The van der Waals surface area contributed by atoms with Crippen molar-refractivity contribution in [2.24, 2.45) is 5.92 Å². The Balaban J connectivity index is 0.000000493. The van der Waals surface area contributed by atoms with E-state index in [0.29, 0.717) is 29.7 Å². The number of benzene rings is 2. The normalized spacial score (nSPS) is 20.2. The van der Waals surface area contributed by atoms with Gasteiger partial charge in [-0.15, -0.1) is 0 Å². The van der Waals surface area contributed by atoms with Crippen molar-refractivity contribution in [3.8, 4) is 0 Å². The highest BCUT2D eigenvalue weighted by molar-refractivity contribution is 14.1. The summed E-state index contributed by atoms with van der Waals surface area (Å²) in [6, 6.07) is 14.0. The second-order valence-electron chi connectivity index (χ2n) is 10.1. The fourth-order valence-electron chi connectivity index (χ4n) is 5.11. The summed E-state index contributed by atoms with van der Waals surface area (Å²) >= 11 is 2.24. The van der Waals surface area contributed by atoms with Crippen LogP contribution >= 0.6 is 22.6 Å². The van der Waals surface area contributed by atoms with Gasteiger partial charge in [-0.1, -0.05) is 12.1 Å². The zero-order valence-electron chi connectivity index (χ0n) is 21.8. The third-order valence-corrected chi connectivity index (χ3v) is 7.81. The molecular formula is C28H27F3IN3O6. The number of hydrogen-bond donors (Lipinski definition) is 4. The summed E-state index contributed by atoms with van der Waals surface area (Å²) in [4.78, 5) is 47.1. The van der Waals surface area contributed by atoms with Crippen LogP contribution in [0.15, 0.2) is 57.7 Å². The molecule has 2 bridgehead atoms. The van der Waals surface area contributed by atoms with Crippen LogP contribution < -0.4 is 21.6 Å². The molecule has 13 heteroatoms. The Bertz CT molecular complexity index is 1510. The number of carbonyl (C=O) groups is 3. The van der Waals surface area contributed by atoms with Crippen LogP contribution in [0.5, 0.6) is 0 Å². The molecule has 0 unspecified atom stereocenters. The van der Waals surface area contributed by atoms with Gasteiger partial charge in [-0.05, 0) is 90.1 Å². The lowest BCUT2D eigenvalue weighted by Crippen LogP contribution is -2.53. The number of carbonyl (C=O) groups excluding carboxylic acids is 2. The standard InChI is InChI=1S/C26H26IN3O4.C2HF3O2/c1-14-10-23(31)34-22-13-19(8-9-20(14)22)29-25(32)21(11-15-2-5-17(27)6-3-15)30-26(33)24-16-4-7-18(12-16)28-24;3-2(4,5)1(6)7/h2-3,5-6,8-10,13,16,18,21,24,28H,4,7,11-12H2,1H3,(H,29,32)(H,30,33);(H,6,7)/t16-,18+,21-,24-;/m0./s1. The predicted molar refractivity (Wildman–Crippen MR) is 152 cm³/mol. The van der Waals surface area contributed by atoms with E-state index in [1.165, 1.54) is 6.07 Å². The number of amides is 2. The maximum Gasteiger partial charge on any atom is 0.490 e. The third-order valence-electron chi connectivity index (χ3n) is 7.09. The van der Waals surface area contributed by atoms with Gasteiger partial charge in [0.1, 0.15) is 11.6 Å². The van der Waals surface area contributed by atoms with Crippen molar-refractivity contribution < 1.29 is 37.1 Å². The van der Waals surface area contributed by atoms with E-state index in [9.17, 15) is 27.6 Å². The topological polar surface area (TPSA) is 138 Å². The number of hydrogen-bond acceptors (Lipinski definition) is 6. The molecule has 1 aromatic heterocycles. The second kappa shape index (κ2) is 12.6. The minimum atomic E-state index is -5.08. The molecule has 5 rings (SSSR count). The molecule has 9 nitrogen and oxygen atoms in total. The maximum absolute atomic E-state index is 13.3. The summed E-state index contributed by atoms with van der Waals surface area (Å²) in [6.07, 6.45) is -1.53. The average Bonchev–Trinajstić information content (AvgIpc) is 3.53. The summed E-state index contributed by atoms with van der Waals surface area (Å²) in [6.45, 7) is 1.84. The summed E-state index contributed by atoms with van der Waals surface area (Å²) < 4.78 is 38.1. The number of fused-ring (bicyclic) bond motifs is 3. The smallest absolute Gasteiger partial charge is 0.475 e. The Kier molecular flexibility index (Phi) is 9.37. The number of halogens is 4. The summed E-state index contributed by atoms with van der Waals surface area (Å²) in [5.41, 5.74) is 2.25. The molecule has 2 aliphatic rings. The number of aryl methyl sites for hydroxylation is 1. The highest BCUT2D eigenvalue weighted by Gasteiger charge is 2.43. The zero-order chi connectivity index (χ0) is 29.9. The number of anilines is 1. The summed E-state index contributed by atoms with van der Waals surface area (Å²) in [5, 5.41) is 17.2. The predicted octanol–water partition coefficient (Wildman–Crippen LogP) is 4.15. The van der Waals surface area contributed by atoms with Gasteiger partial charge in [0, 0.05) is 39.2 Å². The number of alkyl halides is 3. The van der Waals surface area contributed by atoms with Crippen LogP contribution in [0.1, 0.15) is 30.4 Å². The van der Waals surface area contributed by atoms with Crippen molar-refractivity contribution in [3.05, 3.63) is 73.6 Å². The first-order valence-corrected chi connectivity index (χ1v) is 13.8. The third kappa shape index (κ3) is 7.85. The Morgan fingerprint density at radius 2 is 1.80 bits per heavy atom. The molecular weight excluding hydrogens is 658 g/mol. The molecule has 4 atom stereocenters. The van der Waals surface area contributed by atoms with Crippen LogP contribution in [-0.4, -0.2) is 47.2 Å². The number of rotatable bonds is 6. The van der Waals surface area contributed by atoms with Gasteiger partial charge in [-0.2, -0.15) is 13.2 Å². The first-order valence-electron chi connectivity index (χ1n) is 12.8. The van der Waals surface area contributed by atoms with E-state index in [1.807, 2.05) is 37.3 Å². The van der Waals surface area contributed by atoms with E-state index in [0.717, 1.165) is 39.3 Å². The molecule has 2 fully saturated rings. The quantitative estimate of drug-likeness (QED) is 0.226. The van der Waals surface area contributed by atoms with E-state index in [-0.39, 0.29) is 17.9 Å². The van der Waals surface area contributed by atoms with Crippen molar-refractivity contribution >= 4 is 57.0 Å². The first-order chi connectivity index (χ1) is 19.3. The maximum atomic E-state index is 13.3. The van der Waals surface area contributed by atoms with Gasteiger partial charge in [0.15, 0.2) is 0 Å². The highest BCUT2D eigenvalue weighted by Crippen LogP contribution is 2.35. The van der Waals surface area contributed by atoms with Crippen molar-refractivity contribution in [2.45, 2.75) is 56.9 Å². The highest BCUT2D eigenvalue weighted by atomic mass is 127. The Morgan fingerprint density at radius 1 is 1.12 bits per heavy atom. The first kappa shape index (κ1) is 30.5. The number of piperidine rings is 1. The van der Waals surface area contributed by atoms with Gasteiger partial charge in [0.2, 0.25) is 11.8 Å². The summed E-state index contributed by atoms with van der Waals surface area (Å²) in [5.74, 6) is -2.87. The molecule has 4 N–H and O–H groups in total. The lowest BCUT2D eigenvalue weighted by atomic mass is 9.98. The van der Waals surface area contributed by atoms with Crippen molar-refractivity contribution in [1.29, 1.82) is 0 Å². The molecule has 1 aliphatic carbocycles. The van der Waals surface area contributed by atoms with Crippen LogP contribution in [0.4, 0.5) is 18.9 Å². The molecule has 2 heterocycles. The fraction of sp³-hybridized carbons (Fsp3) is 0.357. The Hall–Kier alpha value is -3.46. The van der Waals surface area contributed by atoms with Gasteiger partial charge >= 0.3 is 17.8 Å². The fourth-order valence-corrected chi connectivity index (χ4v) is 5.47. The van der Waals surface area contributed by atoms with Gasteiger partial charge < -0.3 is 25.5 Å². The van der Waals surface area contributed by atoms with Crippen LogP contribution in [0.25, 0.3) is 11.0 Å². The number of nitrogens with one attached hydrogen (secondary N) is 3.